The number of pyridine rings is 1. The Morgan fingerprint density at radius 1 is 1.39 bits per heavy atom. The van der Waals surface area contributed by atoms with Crippen LogP contribution < -0.4 is 10.6 Å². The van der Waals surface area contributed by atoms with E-state index < -0.39 is 5.97 Å². The van der Waals surface area contributed by atoms with Gasteiger partial charge >= 0.3 is 5.97 Å². The zero-order valence-electron chi connectivity index (χ0n) is 10.3. The summed E-state index contributed by atoms with van der Waals surface area (Å²) in [6, 6.07) is 4.77. The van der Waals surface area contributed by atoms with Gasteiger partial charge < -0.3 is 15.7 Å². The van der Waals surface area contributed by atoms with Crippen molar-refractivity contribution >= 4 is 11.9 Å². The van der Waals surface area contributed by atoms with Crippen LogP contribution in [-0.2, 0) is 11.3 Å². The van der Waals surface area contributed by atoms with Gasteiger partial charge in [-0.15, -0.1) is 0 Å². The Labute approximate surface area is 105 Å². The van der Waals surface area contributed by atoms with Gasteiger partial charge in [0.2, 0.25) is 5.91 Å². The summed E-state index contributed by atoms with van der Waals surface area (Å²) in [5.74, 6) is -1.14. The minimum Gasteiger partial charge on any atom is -0.477 e. The lowest BCUT2D eigenvalue weighted by Crippen LogP contribution is -2.34. The molecular weight excluding hydrogens is 234 g/mol. The zero-order chi connectivity index (χ0) is 13.4. The van der Waals surface area contributed by atoms with Crippen LogP contribution in [0.4, 0.5) is 0 Å². The lowest BCUT2D eigenvalue weighted by atomic mass is 10.3. The molecule has 3 N–H and O–H groups in total. The predicted molar refractivity (Wildman–Crippen MR) is 66.2 cm³/mol. The average Bonchev–Trinajstić information content (AvgIpc) is 2.36. The Hall–Kier alpha value is -1.95. The normalized spacial score (nSPS) is 10.1. The van der Waals surface area contributed by atoms with Gasteiger partial charge in [0.05, 0.1) is 12.2 Å². The first kappa shape index (κ1) is 14.1. The van der Waals surface area contributed by atoms with Crippen molar-refractivity contribution in [2.45, 2.75) is 19.9 Å². The van der Waals surface area contributed by atoms with Crippen LogP contribution in [0.1, 0.15) is 29.5 Å². The topological polar surface area (TPSA) is 91.3 Å². The van der Waals surface area contributed by atoms with Gasteiger partial charge in [0, 0.05) is 13.1 Å². The van der Waals surface area contributed by atoms with E-state index in [9.17, 15) is 9.59 Å². The van der Waals surface area contributed by atoms with Crippen LogP contribution in [-0.4, -0.2) is 35.1 Å². The summed E-state index contributed by atoms with van der Waals surface area (Å²) >= 11 is 0. The molecule has 1 heterocycles. The lowest BCUT2D eigenvalue weighted by molar-refractivity contribution is -0.120. The molecule has 1 rings (SSSR count). The monoisotopic (exact) mass is 251 g/mol. The molecule has 0 atom stereocenters. The predicted octanol–water partition coefficient (Wildman–Crippen LogP) is 0.396. The molecule has 0 unspecified atom stereocenters. The Balaban J connectivity index is 2.37. The third kappa shape index (κ3) is 4.92. The highest BCUT2D eigenvalue weighted by Crippen LogP contribution is 1.99. The molecule has 0 aliphatic heterocycles. The van der Waals surface area contributed by atoms with Crippen LogP contribution in [0.3, 0.4) is 0 Å². The van der Waals surface area contributed by atoms with E-state index in [0.29, 0.717) is 18.8 Å². The highest BCUT2D eigenvalue weighted by molar-refractivity contribution is 5.85. The molecule has 0 aliphatic rings. The number of nitrogens with one attached hydrogen (secondary N) is 2. The molecule has 0 radical (unpaired) electrons. The quantitative estimate of drug-likeness (QED) is 0.652. The summed E-state index contributed by atoms with van der Waals surface area (Å²) < 4.78 is 0. The number of carbonyl (C=O) groups excluding carboxylic acids is 1. The van der Waals surface area contributed by atoms with Crippen LogP contribution in [0.5, 0.6) is 0 Å². The average molecular weight is 251 g/mol. The van der Waals surface area contributed by atoms with E-state index in [2.05, 4.69) is 15.6 Å². The van der Waals surface area contributed by atoms with Gasteiger partial charge in [-0.25, -0.2) is 9.78 Å². The molecular formula is C12H17N3O3. The molecule has 1 aromatic heterocycles. The Kier molecular flexibility index (Phi) is 5.79. The fourth-order valence-electron chi connectivity index (χ4n) is 1.33. The highest BCUT2D eigenvalue weighted by Gasteiger charge is 2.05. The molecule has 0 spiro atoms. The van der Waals surface area contributed by atoms with Crippen molar-refractivity contribution in [1.82, 2.24) is 15.6 Å². The first-order chi connectivity index (χ1) is 8.63. The molecule has 18 heavy (non-hydrogen) atoms. The first-order valence-electron chi connectivity index (χ1n) is 5.80. The maximum Gasteiger partial charge on any atom is 0.354 e. The number of carboxylic acid groups (broad SMARTS) is 1. The van der Waals surface area contributed by atoms with Crippen molar-refractivity contribution < 1.29 is 14.7 Å². The SMILES string of the molecule is CCCNC(=O)CNCc1cccc(C(=O)O)n1. The van der Waals surface area contributed by atoms with E-state index in [1.807, 2.05) is 6.92 Å². The molecule has 0 saturated heterocycles. The van der Waals surface area contributed by atoms with E-state index in [0.717, 1.165) is 6.42 Å². The van der Waals surface area contributed by atoms with Crippen molar-refractivity contribution in [2.24, 2.45) is 0 Å². The van der Waals surface area contributed by atoms with Crippen LogP contribution in [0, 0.1) is 0 Å². The lowest BCUT2D eigenvalue weighted by Gasteiger charge is -2.05. The first-order valence-corrected chi connectivity index (χ1v) is 5.80. The van der Waals surface area contributed by atoms with Gasteiger partial charge in [-0.3, -0.25) is 4.79 Å². The smallest absolute Gasteiger partial charge is 0.354 e. The zero-order valence-corrected chi connectivity index (χ0v) is 10.3. The molecule has 6 nitrogen and oxygen atoms in total. The fourth-order valence-corrected chi connectivity index (χ4v) is 1.33. The summed E-state index contributed by atoms with van der Waals surface area (Å²) in [5.41, 5.74) is 0.600. The van der Waals surface area contributed by atoms with Gasteiger partial charge in [0.1, 0.15) is 5.69 Å². The molecule has 0 aliphatic carbocycles. The molecule has 6 heteroatoms. The number of nitrogens with zero attached hydrogens (tertiary/aromatic N) is 1. The highest BCUT2D eigenvalue weighted by atomic mass is 16.4. The van der Waals surface area contributed by atoms with E-state index in [1.54, 1.807) is 12.1 Å². The second-order valence-electron chi connectivity index (χ2n) is 3.77. The summed E-state index contributed by atoms with van der Waals surface area (Å²) in [6.45, 7) is 3.20. The van der Waals surface area contributed by atoms with Gasteiger partial charge in [-0.2, -0.15) is 0 Å². The van der Waals surface area contributed by atoms with Gasteiger partial charge in [-0.05, 0) is 18.6 Å². The molecule has 0 saturated carbocycles. The molecule has 0 fully saturated rings. The second kappa shape index (κ2) is 7.39. The fraction of sp³-hybridized carbons (Fsp3) is 0.417. The van der Waals surface area contributed by atoms with E-state index in [-0.39, 0.29) is 18.1 Å². The van der Waals surface area contributed by atoms with Crippen LogP contribution >= 0.6 is 0 Å². The molecule has 0 aromatic carbocycles. The van der Waals surface area contributed by atoms with Crippen molar-refractivity contribution in [3.63, 3.8) is 0 Å². The third-order valence-corrected chi connectivity index (χ3v) is 2.19. The molecule has 1 aromatic rings. The van der Waals surface area contributed by atoms with Gasteiger partial charge in [0.25, 0.3) is 0 Å². The number of carbonyl (C=O) groups is 2. The summed E-state index contributed by atoms with van der Waals surface area (Å²) in [7, 11) is 0. The second-order valence-corrected chi connectivity index (χ2v) is 3.77. The Morgan fingerprint density at radius 2 is 2.17 bits per heavy atom. The standard InChI is InChI=1S/C12H17N3O3/c1-2-6-14-11(16)8-13-7-9-4-3-5-10(15-9)12(17)18/h3-5,13H,2,6-8H2,1H3,(H,14,16)(H,17,18). The van der Waals surface area contributed by atoms with Crippen molar-refractivity contribution in [3.8, 4) is 0 Å². The number of rotatable bonds is 7. The molecule has 0 bridgehead atoms. The maximum absolute atomic E-state index is 11.3. The number of carboxylic acids is 1. The van der Waals surface area contributed by atoms with Crippen LogP contribution in [0.25, 0.3) is 0 Å². The number of amides is 1. The minimum atomic E-state index is -1.06. The number of aromatic carboxylic acids is 1. The van der Waals surface area contributed by atoms with Crippen LogP contribution in [0.15, 0.2) is 18.2 Å². The Bertz CT molecular complexity index is 421. The number of hydrogen-bond donors (Lipinski definition) is 3. The summed E-state index contributed by atoms with van der Waals surface area (Å²) in [6.07, 6.45) is 0.897. The number of aromatic nitrogens is 1. The van der Waals surface area contributed by atoms with Gasteiger partial charge in [0.15, 0.2) is 0 Å². The van der Waals surface area contributed by atoms with Gasteiger partial charge in [-0.1, -0.05) is 13.0 Å². The minimum absolute atomic E-state index is 0.00438. The molecule has 1 amide bonds. The summed E-state index contributed by atoms with van der Waals surface area (Å²) in [5, 5.41) is 14.4. The summed E-state index contributed by atoms with van der Waals surface area (Å²) in [4.78, 5) is 25.9. The van der Waals surface area contributed by atoms with Crippen molar-refractivity contribution in [3.05, 3.63) is 29.6 Å². The van der Waals surface area contributed by atoms with Crippen LogP contribution in [0.2, 0.25) is 0 Å². The van der Waals surface area contributed by atoms with E-state index in [1.165, 1.54) is 6.07 Å². The van der Waals surface area contributed by atoms with E-state index >= 15 is 0 Å². The third-order valence-electron chi connectivity index (χ3n) is 2.19. The molecule has 98 valence electrons. The number of hydrogen-bond acceptors (Lipinski definition) is 4. The van der Waals surface area contributed by atoms with Crippen molar-refractivity contribution in [2.75, 3.05) is 13.1 Å². The largest absolute Gasteiger partial charge is 0.477 e. The Morgan fingerprint density at radius 3 is 2.83 bits per heavy atom. The van der Waals surface area contributed by atoms with Crippen molar-refractivity contribution in [1.29, 1.82) is 0 Å². The van der Waals surface area contributed by atoms with E-state index in [4.69, 9.17) is 5.11 Å². The maximum atomic E-state index is 11.3.